The fourth-order valence-electron chi connectivity index (χ4n) is 4.10. The van der Waals surface area contributed by atoms with Crippen molar-refractivity contribution in [2.24, 2.45) is 0 Å². The lowest BCUT2D eigenvalue weighted by Gasteiger charge is -2.37. The molecule has 0 saturated carbocycles. The molecule has 0 saturated heterocycles. The number of nitrogens with zero attached hydrogens (tertiary/aromatic N) is 3. The Labute approximate surface area is 169 Å². The number of fused-ring (bicyclic) bond motifs is 2. The molecule has 0 N–H and O–H groups in total. The molecule has 5 rings (SSSR count). The molecule has 29 heavy (non-hydrogen) atoms. The summed E-state index contributed by atoms with van der Waals surface area (Å²) in [4.78, 5) is 17.5. The third-order valence-electron chi connectivity index (χ3n) is 5.64. The number of anilines is 1. The van der Waals surface area contributed by atoms with E-state index in [1.807, 2.05) is 37.2 Å². The van der Waals surface area contributed by atoms with Crippen LogP contribution < -0.4 is 14.4 Å². The highest BCUT2D eigenvalue weighted by Crippen LogP contribution is 2.37. The van der Waals surface area contributed by atoms with E-state index in [-0.39, 0.29) is 18.7 Å². The number of ether oxygens (including phenoxy) is 2. The van der Waals surface area contributed by atoms with Gasteiger partial charge in [-0.05, 0) is 48.0 Å². The molecule has 6 heteroatoms. The first-order valence-corrected chi connectivity index (χ1v) is 9.75. The number of rotatable bonds is 3. The van der Waals surface area contributed by atoms with E-state index in [9.17, 15) is 4.79 Å². The second-order valence-electron chi connectivity index (χ2n) is 7.58. The summed E-state index contributed by atoms with van der Waals surface area (Å²) in [5, 5.41) is 0. The maximum absolute atomic E-state index is 13.5. The van der Waals surface area contributed by atoms with Crippen LogP contribution in [0.2, 0.25) is 0 Å². The molecule has 6 nitrogen and oxygen atoms in total. The van der Waals surface area contributed by atoms with E-state index in [2.05, 4.69) is 46.0 Å². The number of hydrogen-bond acceptors (Lipinski definition) is 4. The Morgan fingerprint density at radius 3 is 2.59 bits per heavy atom. The molecule has 1 atom stereocenters. The molecule has 0 bridgehead atoms. The minimum Gasteiger partial charge on any atom is -0.454 e. The summed E-state index contributed by atoms with van der Waals surface area (Å²) >= 11 is 0. The van der Waals surface area contributed by atoms with Gasteiger partial charge >= 0.3 is 0 Å². The molecule has 0 spiro atoms. The highest BCUT2D eigenvalue weighted by atomic mass is 16.7. The normalized spacial score (nSPS) is 17.2. The lowest BCUT2D eigenvalue weighted by molar-refractivity contribution is 0.0663. The van der Waals surface area contributed by atoms with Crippen LogP contribution in [0, 0.1) is 0 Å². The standard InChI is InChI=1S/C23H23N3O3/c1-24(2)18-8-5-16(6-9-18)22-19-4-3-11-25(19)12-13-26(22)23(27)17-7-10-20-21(14-17)29-15-28-20/h3-11,14,22H,12-13,15H2,1-2H3. The molecule has 2 aromatic carbocycles. The first kappa shape index (κ1) is 17.7. The molecule has 3 heterocycles. The van der Waals surface area contributed by atoms with Gasteiger partial charge in [-0.1, -0.05) is 12.1 Å². The minimum absolute atomic E-state index is 0.00237. The lowest BCUT2D eigenvalue weighted by atomic mass is 9.98. The first-order valence-electron chi connectivity index (χ1n) is 9.75. The molecular weight excluding hydrogens is 366 g/mol. The Balaban J connectivity index is 1.53. The SMILES string of the molecule is CN(C)c1ccc(C2c3cccn3CCN2C(=O)c2ccc3c(c2)OCO3)cc1. The van der Waals surface area contributed by atoms with Crippen molar-refractivity contribution in [2.45, 2.75) is 12.6 Å². The highest BCUT2D eigenvalue weighted by Gasteiger charge is 2.33. The summed E-state index contributed by atoms with van der Waals surface area (Å²) in [7, 11) is 4.05. The van der Waals surface area contributed by atoms with Gasteiger partial charge in [-0.25, -0.2) is 0 Å². The van der Waals surface area contributed by atoms with Gasteiger partial charge in [0.25, 0.3) is 5.91 Å². The van der Waals surface area contributed by atoms with E-state index >= 15 is 0 Å². The quantitative estimate of drug-likeness (QED) is 0.688. The molecule has 0 fully saturated rings. The van der Waals surface area contributed by atoms with E-state index in [0.717, 1.165) is 23.5 Å². The van der Waals surface area contributed by atoms with Crippen LogP contribution in [0.3, 0.4) is 0 Å². The molecule has 2 aliphatic heterocycles. The molecule has 2 aliphatic rings. The van der Waals surface area contributed by atoms with Crippen molar-refractivity contribution >= 4 is 11.6 Å². The summed E-state index contributed by atoms with van der Waals surface area (Å²) in [6.45, 7) is 1.63. The molecule has 3 aromatic rings. The van der Waals surface area contributed by atoms with Crippen LogP contribution >= 0.6 is 0 Å². The van der Waals surface area contributed by atoms with Crippen molar-refractivity contribution in [1.29, 1.82) is 0 Å². The Morgan fingerprint density at radius 1 is 1.00 bits per heavy atom. The summed E-state index contributed by atoms with van der Waals surface area (Å²) in [5.41, 5.74) is 3.98. The van der Waals surface area contributed by atoms with Gasteiger partial charge in [-0.15, -0.1) is 0 Å². The average molecular weight is 389 g/mol. The van der Waals surface area contributed by atoms with Gasteiger partial charge < -0.3 is 23.8 Å². The summed E-state index contributed by atoms with van der Waals surface area (Å²) in [5.74, 6) is 1.31. The monoisotopic (exact) mass is 389 g/mol. The number of carbonyl (C=O) groups excluding carboxylic acids is 1. The maximum atomic E-state index is 13.5. The molecule has 0 aliphatic carbocycles. The second-order valence-corrected chi connectivity index (χ2v) is 7.58. The average Bonchev–Trinajstić information content (AvgIpc) is 3.41. The van der Waals surface area contributed by atoms with Gasteiger partial charge in [0, 0.05) is 50.3 Å². The van der Waals surface area contributed by atoms with Crippen LogP contribution in [-0.4, -0.2) is 42.8 Å². The van der Waals surface area contributed by atoms with Crippen LogP contribution in [-0.2, 0) is 6.54 Å². The topological polar surface area (TPSA) is 46.9 Å². The van der Waals surface area contributed by atoms with Crippen LogP contribution in [0.5, 0.6) is 11.5 Å². The third kappa shape index (κ3) is 3.01. The number of aromatic nitrogens is 1. The van der Waals surface area contributed by atoms with Crippen molar-refractivity contribution in [2.75, 3.05) is 32.3 Å². The molecule has 148 valence electrons. The van der Waals surface area contributed by atoms with Gasteiger partial charge in [-0.2, -0.15) is 0 Å². The highest BCUT2D eigenvalue weighted by molar-refractivity contribution is 5.95. The summed E-state index contributed by atoms with van der Waals surface area (Å²) in [6.07, 6.45) is 2.08. The smallest absolute Gasteiger partial charge is 0.254 e. The Morgan fingerprint density at radius 2 is 1.79 bits per heavy atom. The molecule has 1 aromatic heterocycles. The Kier molecular flexibility index (Phi) is 4.19. The third-order valence-corrected chi connectivity index (χ3v) is 5.64. The molecule has 1 amide bonds. The zero-order valence-corrected chi connectivity index (χ0v) is 16.5. The van der Waals surface area contributed by atoms with Gasteiger partial charge in [-0.3, -0.25) is 4.79 Å². The number of hydrogen-bond donors (Lipinski definition) is 0. The van der Waals surface area contributed by atoms with E-state index in [1.165, 1.54) is 0 Å². The first-order chi connectivity index (χ1) is 14.1. The van der Waals surface area contributed by atoms with E-state index in [4.69, 9.17) is 9.47 Å². The van der Waals surface area contributed by atoms with Gasteiger partial charge in [0.05, 0.1) is 6.04 Å². The van der Waals surface area contributed by atoms with Crippen LogP contribution in [0.4, 0.5) is 5.69 Å². The van der Waals surface area contributed by atoms with E-state index < -0.39 is 0 Å². The van der Waals surface area contributed by atoms with Gasteiger partial charge in [0.1, 0.15) is 0 Å². The molecular formula is C23H23N3O3. The molecule has 1 unspecified atom stereocenters. The van der Waals surface area contributed by atoms with Crippen LogP contribution in [0.25, 0.3) is 0 Å². The fraction of sp³-hybridized carbons (Fsp3) is 0.261. The Hall–Kier alpha value is -3.41. The van der Waals surface area contributed by atoms with Crippen molar-refractivity contribution in [1.82, 2.24) is 9.47 Å². The van der Waals surface area contributed by atoms with Crippen LogP contribution in [0.15, 0.2) is 60.8 Å². The van der Waals surface area contributed by atoms with Crippen molar-refractivity contribution < 1.29 is 14.3 Å². The van der Waals surface area contributed by atoms with E-state index in [1.54, 1.807) is 6.07 Å². The van der Waals surface area contributed by atoms with E-state index in [0.29, 0.717) is 23.6 Å². The zero-order valence-electron chi connectivity index (χ0n) is 16.5. The Bertz CT molecular complexity index is 1060. The largest absolute Gasteiger partial charge is 0.454 e. The number of benzene rings is 2. The maximum Gasteiger partial charge on any atom is 0.254 e. The lowest BCUT2D eigenvalue weighted by Crippen LogP contribution is -2.42. The second kappa shape index (κ2) is 6.88. The predicted molar refractivity (Wildman–Crippen MR) is 111 cm³/mol. The minimum atomic E-state index is -0.132. The van der Waals surface area contributed by atoms with Crippen molar-refractivity contribution in [3.05, 3.63) is 77.6 Å². The fourth-order valence-corrected chi connectivity index (χ4v) is 4.10. The number of carbonyl (C=O) groups is 1. The van der Waals surface area contributed by atoms with Crippen molar-refractivity contribution in [3.8, 4) is 11.5 Å². The van der Waals surface area contributed by atoms with Gasteiger partial charge in [0.2, 0.25) is 6.79 Å². The van der Waals surface area contributed by atoms with Crippen LogP contribution in [0.1, 0.15) is 27.7 Å². The van der Waals surface area contributed by atoms with Gasteiger partial charge in [0.15, 0.2) is 11.5 Å². The zero-order chi connectivity index (χ0) is 20.0. The predicted octanol–water partition coefficient (Wildman–Crippen LogP) is 3.53. The summed E-state index contributed by atoms with van der Waals surface area (Å²) < 4.78 is 13.1. The number of amides is 1. The molecule has 0 radical (unpaired) electrons. The summed E-state index contributed by atoms with van der Waals surface area (Å²) in [6, 6.07) is 17.8. The van der Waals surface area contributed by atoms with Crippen molar-refractivity contribution in [3.63, 3.8) is 0 Å².